The number of ether oxygens (including phenoxy) is 2. The predicted octanol–water partition coefficient (Wildman–Crippen LogP) is 4.67. The summed E-state index contributed by atoms with van der Waals surface area (Å²) in [7, 11) is 1.47. The first-order valence-electron chi connectivity index (χ1n) is 9.25. The van der Waals surface area contributed by atoms with Crippen LogP contribution in [0.2, 0.25) is 5.02 Å². The van der Waals surface area contributed by atoms with Crippen LogP contribution in [-0.2, 0) is 0 Å². The number of primary amides is 1. The van der Waals surface area contributed by atoms with Gasteiger partial charge in [-0.05, 0) is 38.1 Å². The topological polar surface area (TPSA) is 98.5 Å². The second-order valence-corrected chi connectivity index (χ2v) is 7.30. The van der Waals surface area contributed by atoms with E-state index in [2.05, 4.69) is 22.2 Å². The molecular formula is C22H23ClN4O3. The first-order valence-corrected chi connectivity index (χ1v) is 9.62. The third-order valence-corrected chi connectivity index (χ3v) is 4.52. The number of hydrogen-bond donors (Lipinski definition) is 3. The van der Waals surface area contributed by atoms with Gasteiger partial charge in [0.05, 0.1) is 34.7 Å². The van der Waals surface area contributed by atoms with Crippen LogP contribution in [0.3, 0.4) is 0 Å². The summed E-state index contributed by atoms with van der Waals surface area (Å²) >= 11 is 6.40. The van der Waals surface area contributed by atoms with Gasteiger partial charge in [0.1, 0.15) is 17.2 Å². The van der Waals surface area contributed by atoms with Gasteiger partial charge in [-0.2, -0.15) is 0 Å². The molecule has 0 radical (unpaired) electrons. The normalized spacial score (nSPS) is 10.7. The molecule has 1 heterocycles. The Kier molecular flexibility index (Phi) is 6.32. The molecule has 0 spiro atoms. The fourth-order valence-electron chi connectivity index (χ4n) is 2.93. The molecule has 0 saturated carbocycles. The van der Waals surface area contributed by atoms with Crippen molar-refractivity contribution in [2.75, 3.05) is 12.4 Å². The van der Waals surface area contributed by atoms with Crippen LogP contribution in [0.15, 0.2) is 55.0 Å². The number of carbonyl (C=O) groups is 1. The lowest BCUT2D eigenvalue weighted by Gasteiger charge is -2.16. The molecule has 0 bridgehead atoms. The molecule has 1 amide bonds. The van der Waals surface area contributed by atoms with Crippen molar-refractivity contribution in [3.05, 3.63) is 65.6 Å². The van der Waals surface area contributed by atoms with Crippen molar-refractivity contribution in [2.45, 2.75) is 19.9 Å². The number of carbonyl (C=O) groups excluding carboxylic acids is 1. The monoisotopic (exact) mass is 426 g/mol. The third kappa shape index (κ3) is 4.75. The summed E-state index contributed by atoms with van der Waals surface area (Å²) in [4.78, 5) is 16.1. The number of fused-ring (bicyclic) bond motifs is 1. The van der Waals surface area contributed by atoms with Crippen molar-refractivity contribution in [2.24, 2.45) is 5.73 Å². The predicted molar refractivity (Wildman–Crippen MR) is 119 cm³/mol. The number of anilines is 1. The van der Waals surface area contributed by atoms with E-state index in [1.54, 1.807) is 42.6 Å². The quantitative estimate of drug-likeness (QED) is 0.484. The summed E-state index contributed by atoms with van der Waals surface area (Å²) in [6.07, 6.45) is 1.61. The van der Waals surface area contributed by atoms with Gasteiger partial charge in [0.15, 0.2) is 0 Å². The molecule has 4 N–H and O–H groups in total. The summed E-state index contributed by atoms with van der Waals surface area (Å²) in [6, 6.07) is 10.5. The van der Waals surface area contributed by atoms with Crippen LogP contribution < -0.4 is 25.8 Å². The lowest BCUT2D eigenvalue weighted by atomic mass is 10.1. The van der Waals surface area contributed by atoms with Gasteiger partial charge >= 0.3 is 0 Å². The fourth-order valence-corrected chi connectivity index (χ4v) is 3.15. The Morgan fingerprint density at radius 2 is 1.97 bits per heavy atom. The molecule has 0 saturated heterocycles. The molecule has 0 aliphatic rings. The number of rotatable bonds is 8. The van der Waals surface area contributed by atoms with Crippen molar-refractivity contribution in [1.29, 1.82) is 0 Å². The number of amides is 1. The number of methoxy groups -OCH3 is 1. The van der Waals surface area contributed by atoms with Gasteiger partial charge in [-0.1, -0.05) is 18.2 Å². The molecule has 156 valence electrons. The Labute approximate surface area is 179 Å². The zero-order chi connectivity index (χ0) is 21.8. The van der Waals surface area contributed by atoms with E-state index in [4.69, 9.17) is 26.8 Å². The van der Waals surface area contributed by atoms with E-state index < -0.39 is 5.91 Å². The van der Waals surface area contributed by atoms with Gasteiger partial charge in [0.2, 0.25) is 0 Å². The molecule has 0 aliphatic carbocycles. The Balaban J connectivity index is 1.91. The van der Waals surface area contributed by atoms with Crippen LogP contribution in [0, 0.1) is 0 Å². The number of aromatic nitrogens is 1. The molecule has 1 aromatic heterocycles. The van der Waals surface area contributed by atoms with E-state index in [1.165, 1.54) is 7.11 Å². The molecule has 0 fully saturated rings. The summed E-state index contributed by atoms with van der Waals surface area (Å²) in [6.45, 7) is 7.96. The maximum atomic E-state index is 11.8. The van der Waals surface area contributed by atoms with E-state index in [1.807, 2.05) is 13.8 Å². The second kappa shape index (κ2) is 8.92. The Morgan fingerprint density at radius 3 is 2.60 bits per heavy atom. The smallest absolute Gasteiger partial charge is 0.252 e. The van der Waals surface area contributed by atoms with Crippen molar-refractivity contribution in [1.82, 2.24) is 10.3 Å². The highest BCUT2D eigenvalue weighted by Crippen LogP contribution is 2.35. The van der Waals surface area contributed by atoms with Crippen LogP contribution in [-0.4, -0.2) is 24.0 Å². The molecule has 0 atom stereocenters. The van der Waals surface area contributed by atoms with Gasteiger partial charge in [-0.15, -0.1) is 0 Å². The molecule has 2 aromatic carbocycles. The summed E-state index contributed by atoms with van der Waals surface area (Å²) in [5.74, 6) is 1.43. The van der Waals surface area contributed by atoms with Gasteiger partial charge in [-0.3, -0.25) is 9.78 Å². The minimum atomic E-state index is -0.600. The second-order valence-electron chi connectivity index (χ2n) is 6.89. The lowest BCUT2D eigenvalue weighted by Crippen LogP contribution is -2.25. The van der Waals surface area contributed by atoms with Crippen molar-refractivity contribution >= 4 is 34.1 Å². The van der Waals surface area contributed by atoms with Crippen LogP contribution in [0.5, 0.6) is 17.2 Å². The number of hydrogen-bond acceptors (Lipinski definition) is 6. The number of benzene rings is 2. The van der Waals surface area contributed by atoms with Crippen LogP contribution >= 0.6 is 11.6 Å². The van der Waals surface area contributed by atoms with Gasteiger partial charge in [0.25, 0.3) is 5.91 Å². The van der Waals surface area contributed by atoms with Crippen LogP contribution in [0.25, 0.3) is 10.9 Å². The van der Waals surface area contributed by atoms with E-state index in [-0.39, 0.29) is 11.6 Å². The van der Waals surface area contributed by atoms with Crippen LogP contribution in [0.4, 0.5) is 5.69 Å². The lowest BCUT2D eigenvalue weighted by molar-refractivity contribution is 0.0997. The maximum Gasteiger partial charge on any atom is 0.252 e. The molecule has 3 rings (SSSR count). The average Bonchev–Trinajstić information content (AvgIpc) is 2.68. The number of nitrogens with two attached hydrogens (primary N) is 1. The van der Waals surface area contributed by atoms with Crippen molar-refractivity contribution in [3.63, 3.8) is 0 Å². The molecule has 7 nitrogen and oxygen atoms in total. The highest BCUT2D eigenvalue weighted by molar-refractivity contribution is 6.33. The Bertz CT molecular complexity index is 1110. The molecule has 0 unspecified atom stereocenters. The minimum absolute atomic E-state index is 0.246. The van der Waals surface area contributed by atoms with Gasteiger partial charge in [-0.25, -0.2) is 0 Å². The summed E-state index contributed by atoms with van der Waals surface area (Å²) in [5.41, 5.74) is 7.02. The number of nitrogens with zero attached hydrogens (tertiary/aromatic N) is 1. The van der Waals surface area contributed by atoms with E-state index in [0.717, 1.165) is 0 Å². The first-order chi connectivity index (χ1) is 14.3. The fraction of sp³-hybridized carbons (Fsp3) is 0.182. The van der Waals surface area contributed by atoms with E-state index in [0.29, 0.717) is 44.7 Å². The summed E-state index contributed by atoms with van der Waals surface area (Å²) in [5, 5.41) is 7.39. The van der Waals surface area contributed by atoms with E-state index in [9.17, 15) is 4.79 Å². The third-order valence-electron chi connectivity index (χ3n) is 4.21. The van der Waals surface area contributed by atoms with Gasteiger partial charge < -0.3 is 25.8 Å². The van der Waals surface area contributed by atoms with Gasteiger partial charge in [0, 0.05) is 29.8 Å². The van der Waals surface area contributed by atoms with Crippen LogP contribution in [0.1, 0.15) is 24.2 Å². The standard InChI is InChI=1S/C22H23ClN4O3/c1-12(2)26-13(3)27-18-6-5-14(9-17(18)23)30-20-7-8-25-19-11-21(29-4)16(22(24)28)10-15(19)20/h5-12,26-27H,3H2,1-2,4H3,(H2,24,28). The number of pyridine rings is 1. The minimum Gasteiger partial charge on any atom is -0.496 e. The first kappa shape index (κ1) is 21.3. The molecular weight excluding hydrogens is 404 g/mol. The van der Waals surface area contributed by atoms with E-state index >= 15 is 0 Å². The molecule has 0 aliphatic heterocycles. The highest BCUT2D eigenvalue weighted by Gasteiger charge is 2.15. The van der Waals surface area contributed by atoms with Crippen molar-refractivity contribution < 1.29 is 14.3 Å². The summed E-state index contributed by atoms with van der Waals surface area (Å²) < 4.78 is 11.3. The zero-order valence-electron chi connectivity index (χ0n) is 17.0. The molecule has 30 heavy (non-hydrogen) atoms. The number of nitrogens with one attached hydrogen (secondary N) is 2. The Hall–Kier alpha value is -3.45. The largest absolute Gasteiger partial charge is 0.496 e. The zero-order valence-corrected chi connectivity index (χ0v) is 17.7. The SMILES string of the molecule is C=C(Nc1ccc(Oc2ccnc3cc(OC)c(C(N)=O)cc23)cc1Cl)NC(C)C. The maximum absolute atomic E-state index is 11.8. The molecule has 8 heteroatoms. The van der Waals surface area contributed by atoms with Crippen molar-refractivity contribution in [3.8, 4) is 17.2 Å². The average molecular weight is 427 g/mol. The number of halogens is 1. The Morgan fingerprint density at radius 1 is 1.20 bits per heavy atom. The molecule has 3 aromatic rings. The highest BCUT2D eigenvalue weighted by atomic mass is 35.5.